The molecule has 2 aliphatic heterocycles. The molecule has 2 aliphatic rings. The second-order valence-electron chi connectivity index (χ2n) is 7.68. The lowest BCUT2D eigenvalue weighted by Gasteiger charge is -2.34. The number of benzene rings is 1. The van der Waals surface area contributed by atoms with E-state index >= 15 is 0 Å². The Morgan fingerprint density at radius 1 is 1.15 bits per heavy atom. The van der Waals surface area contributed by atoms with Crippen LogP contribution in [0.1, 0.15) is 45.3 Å². The van der Waals surface area contributed by atoms with Crippen LogP contribution in [0.15, 0.2) is 47.6 Å². The van der Waals surface area contributed by atoms with Gasteiger partial charge < -0.3 is 14.4 Å². The summed E-state index contributed by atoms with van der Waals surface area (Å²) in [6.45, 7) is 8.97. The molecule has 3 heterocycles. The summed E-state index contributed by atoms with van der Waals surface area (Å²) >= 11 is 1.78. The second-order valence-corrected chi connectivity index (χ2v) is 9.05. The monoisotopic (exact) mass is 384 g/mol. The normalized spacial score (nSPS) is 23.7. The number of nitrogens with zero attached hydrogens (tertiary/aromatic N) is 2. The van der Waals surface area contributed by atoms with E-state index in [0.29, 0.717) is 17.4 Å². The Kier molecular flexibility index (Phi) is 5.60. The molecule has 27 heavy (non-hydrogen) atoms. The molecule has 0 spiro atoms. The lowest BCUT2D eigenvalue weighted by atomic mass is 10.1. The zero-order valence-corrected chi connectivity index (χ0v) is 17.1. The van der Waals surface area contributed by atoms with Crippen LogP contribution in [0.2, 0.25) is 0 Å². The first-order valence-electron chi connectivity index (χ1n) is 9.89. The minimum Gasteiger partial charge on any atom is -0.490 e. The number of rotatable bonds is 4. The van der Waals surface area contributed by atoms with Crippen LogP contribution in [0, 0.1) is 0 Å². The third-order valence-corrected chi connectivity index (χ3v) is 6.58. The minimum atomic E-state index is 0.0371. The van der Waals surface area contributed by atoms with Crippen molar-refractivity contribution < 1.29 is 9.47 Å². The fraction of sp³-hybridized carbons (Fsp3) is 0.500. The van der Waals surface area contributed by atoms with Crippen molar-refractivity contribution in [2.45, 2.75) is 62.1 Å². The molecule has 4 nitrogen and oxygen atoms in total. The zero-order valence-electron chi connectivity index (χ0n) is 16.3. The standard InChI is InChI=1S/C22H28N2O2S/c1-15(2)24-13-10-19(11-14-24)25-18-8-6-17(7-9-18)21-16(3)27-22-20(26-21)5-4-12-23-22/h4-9,12,15-16,19,21H,10-11,13-14H2,1-3H3/t16-,21+/m0/s1. The number of hydrogen-bond acceptors (Lipinski definition) is 5. The van der Waals surface area contributed by atoms with Crippen molar-refractivity contribution >= 4 is 11.8 Å². The Bertz CT molecular complexity index is 757. The van der Waals surface area contributed by atoms with Crippen molar-refractivity contribution in [3.05, 3.63) is 48.2 Å². The molecule has 1 saturated heterocycles. The smallest absolute Gasteiger partial charge is 0.152 e. The van der Waals surface area contributed by atoms with E-state index in [4.69, 9.17) is 9.47 Å². The number of piperidine rings is 1. The minimum absolute atomic E-state index is 0.0371. The molecule has 0 N–H and O–H groups in total. The average Bonchev–Trinajstić information content (AvgIpc) is 2.68. The van der Waals surface area contributed by atoms with Gasteiger partial charge in [0.05, 0.1) is 0 Å². The number of thioether (sulfide) groups is 1. The Balaban J connectivity index is 1.38. The largest absolute Gasteiger partial charge is 0.490 e. The SMILES string of the molecule is CC(C)N1CCC(Oc2ccc([C@@H]3Oc4cccnc4S[C@H]3C)cc2)CC1. The molecule has 1 aromatic carbocycles. The summed E-state index contributed by atoms with van der Waals surface area (Å²) in [6.07, 6.45) is 4.38. The molecule has 1 fully saturated rings. The number of hydrogen-bond donors (Lipinski definition) is 0. The van der Waals surface area contributed by atoms with Crippen LogP contribution in [0.4, 0.5) is 0 Å². The molecule has 2 atom stereocenters. The number of likely N-dealkylation sites (tertiary alicyclic amines) is 1. The highest BCUT2D eigenvalue weighted by Gasteiger charge is 2.29. The van der Waals surface area contributed by atoms with Gasteiger partial charge >= 0.3 is 0 Å². The maximum Gasteiger partial charge on any atom is 0.152 e. The van der Waals surface area contributed by atoms with Gasteiger partial charge in [0.25, 0.3) is 0 Å². The first-order chi connectivity index (χ1) is 13.1. The predicted molar refractivity (Wildman–Crippen MR) is 110 cm³/mol. The topological polar surface area (TPSA) is 34.6 Å². The van der Waals surface area contributed by atoms with Crippen molar-refractivity contribution in [2.75, 3.05) is 13.1 Å². The van der Waals surface area contributed by atoms with E-state index in [9.17, 15) is 0 Å². The molecule has 2 aromatic rings. The zero-order chi connectivity index (χ0) is 18.8. The fourth-order valence-electron chi connectivity index (χ4n) is 3.80. The molecule has 144 valence electrons. The summed E-state index contributed by atoms with van der Waals surface area (Å²) in [5.41, 5.74) is 1.19. The van der Waals surface area contributed by atoms with Gasteiger partial charge in [-0.1, -0.05) is 23.9 Å². The van der Waals surface area contributed by atoms with Crippen LogP contribution in [0.3, 0.4) is 0 Å². The van der Waals surface area contributed by atoms with Gasteiger partial charge in [-0.05, 0) is 63.4 Å². The van der Waals surface area contributed by atoms with Gasteiger partial charge in [0.15, 0.2) is 5.75 Å². The van der Waals surface area contributed by atoms with E-state index in [-0.39, 0.29) is 6.10 Å². The molecule has 0 bridgehead atoms. The van der Waals surface area contributed by atoms with Crippen LogP contribution >= 0.6 is 11.8 Å². The molecule has 0 radical (unpaired) electrons. The third kappa shape index (κ3) is 4.25. The molecular formula is C22H28N2O2S. The van der Waals surface area contributed by atoms with E-state index in [1.165, 1.54) is 5.56 Å². The van der Waals surface area contributed by atoms with Gasteiger partial charge in [-0.3, -0.25) is 0 Å². The molecule has 5 heteroatoms. The van der Waals surface area contributed by atoms with E-state index in [1.807, 2.05) is 18.3 Å². The highest BCUT2D eigenvalue weighted by Crippen LogP contribution is 2.43. The van der Waals surface area contributed by atoms with E-state index < -0.39 is 0 Å². The summed E-state index contributed by atoms with van der Waals surface area (Å²) < 4.78 is 12.5. The fourth-order valence-corrected chi connectivity index (χ4v) is 4.84. The highest BCUT2D eigenvalue weighted by atomic mass is 32.2. The number of ether oxygens (including phenoxy) is 2. The Morgan fingerprint density at radius 2 is 1.89 bits per heavy atom. The number of pyridine rings is 1. The van der Waals surface area contributed by atoms with Crippen LogP contribution < -0.4 is 9.47 Å². The van der Waals surface area contributed by atoms with Crippen molar-refractivity contribution in [1.29, 1.82) is 0 Å². The summed E-state index contributed by atoms with van der Waals surface area (Å²) in [7, 11) is 0. The van der Waals surface area contributed by atoms with Crippen LogP contribution in [0.5, 0.6) is 11.5 Å². The predicted octanol–water partition coefficient (Wildman–Crippen LogP) is 4.95. The van der Waals surface area contributed by atoms with Crippen molar-refractivity contribution in [2.24, 2.45) is 0 Å². The highest BCUT2D eigenvalue weighted by molar-refractivity contribution is 8.00. The molecule has 0 amide bonds. The lowest BCUT2D eigenvalue weighted by molar-refractivity contribution is 0.0842. The lowest BCUT2D eigenvalue weighted by Crippen LogP contribution is -2.41. The molecule has 0 aliphatic carbocycles. The quantitative estimate of drug-likeness (QED) is 0.745. The van der Waals surface area contributed by atoms with E-state index in [2.05, 4.69) is 54.9 Å². The maximum absolute atomic E-state index is 6.23. The van der Waals surface area contributed by atoms with Gasteiger partial charge in [0.1, 0.15) is 23.0 Å². The van der Waals surface area contributed by atoms with Gasteiger partial charge in [-0.25, -0.2) is 4.98 Å². The average molecular weight is 385 g/mol. The van der Waals surface area contributed by atoms with Gasteiger partial charge in [0.2, 0.25) is 0 Å². The number of aromatic nitrogens is 1. The summed E-state index contributed by atoms with van der Waals surface area (Å²) in [6, 6.07) is 13.0. The van der Waals surface area contributed by atoms with Gasteiger partial charge in [0, 0.05) is 30.6 Å². The molecule has 0 saturated carbocycles. The first kappa shape index (κ1) is 18.6. The number of fused-ring (bicyclic) bond motifs is 1. The maximum atomic E-state index is 6.23. The van der Waals surface area contributed by atoms with E-state index in [0.717, 1.165) is 42.5 Å². The van der Waals surface area contributed by atoms with E-state index in [1.54, 1.807) is 11.8 Å². The van der Waals surface area contributed by atoms with Crippen molar-refractivity contribution in [3.63, 3.8) is 0 Å². The Morgan fingerprint density at radius 3 is 2.59 bits per heavy atom. The summed E-state index contributed by atoms with van der Waals surface area (Å²) in [5.74, 6) is 1.84. The Hall–Kier alpha value is -1.72. The molecule has 1 aromatic heterocycles. The first-order valence-corrected chi connectivity index (χ1v) is 10.8. The summed E-state index contributed by atoms with van der Waals surface area (Å²) in [4.78, 5) is 6.93. The van der Waals surface area contributed by atoms with Crippen LogP contribution in [-0.2, 0) is 0 Å². The molecule has 0 unspecified atom stereocenters. The Labute approximate surface area is 166 Å². The summed E-state index contributed by atoms with van der Waals surface area (Å²) in [5, 5.41) is 1.30. The van der Waals surface area contributed by atoms with Gasteiger partial charge in [-0.15, -0.1) is 0 Å². The van der Waals surface area contributed by atoms with Crippen LogP contribution in [-0.4, -0.2) is 40.4 Å². The third-order valence-electron chi connectivity index (χ3n) is 5.43. The van der Waals surface area contributed by atoms with Crippen molar-refractivity contribution in [1.82, 2.24) is 9.88 Å². The van der Waals surface area contributed by atoms with Crippen LogP contribution in [0.25, 0.3) is 0 Å². The van der Waals surface area contributed by atoms with Gasteiger partial charge in [-0.2, -0.15) is 0 Å². The molecule has 4 rings (SSSR count). The van der Waals surface area contributed by atoms with Crippen molar-refractivity contribution in [3.8, 4) is 11.5 Å². The second kappa shape index (κ2) is 8.11. The molecular weight excluding hydrogens is 356 g/mol.